The summed E-state index contributed by atoms with van der Waals surface area (Å²) >= 11 is 1.74. The largest absolute Gasteiger partial charge is 0.490 e. The van der Waals surface area contributed by atoms with Crippen LogP contribution < -0.4 is 0 Å². The number of rotatable bonds is 5. The summed E-state index contributed by atoms with van der Waals surface area (Å²) in [4.78, 5) is 36.4. The van der Waals surface area contributed by atoms with E-state index in [9.17, 15) is 31.1 Å². The lowest BCUT2D eigenvalue weighted by molar-refractivity contribution is -0.193. The van der Waals surface area contributed by atoms with Gasteiger partial charge in [-0.25, -0.2) is 9.59 Å². The number of carbonyl (C=O) groups excluding carboxylic acids is 1. The SMILES string of the molecule is Cn1nccc1[C@@H]1CN(Cc2ccsc2)C[C@]12CCCN(Cc1ccccc1)C2=O.O=C(O)C(F)(F)F.O=C(O)C(F)(F)F. The average Bonchev–Trinajstić information content (AvgIpc) is 3.68. The summed E-state index contributed by atoms with van der Waals surface area (Å²) in [6.45, 7) is 4.18. The van der Waals surface area contributed by atoms with Crippen molar-refractivity contribution in [1.29, 1.82) is 0 Å². The lowest BCUT2D eigenvalue weighted by Gasteiger charge is -2.42. The van der Waals surface area contributed by atoms with Crippen LogP contribution in [0.1, 0.15) is 35.6 Å². The van der Waals surface area contributed by atoms with Gasteiger partial charge in [-0.15, -0.1) is 0 Å². The molecule has 2 aromatic heterocycles. The van der Waals surface area contributed by atoms with Gasteiger partial charge in [0.2, 0.25) is 5.91 Å². The van der Waals surface area contributed by atoms with Crippen LogP contribution in [0.15, 0.2) is 59.4 Å². The molecule has 0 bridgehead atoms. The normalized spacial score (nSPS) is 20.5. The number of amides is 1. The van der Waals surface area contributed by atoms with Gasteiger partial charge < -0.3 is 15.1 Å². The molecule has 5 rings (SSSR count). The van der Waals surface area contributed by atoms with E-state index in [4.69, 9.17) is 19.8 Å². The van der Waals surface area contributed by atoms with Gasteiger partial charge in [-0.3, -0.25) is 14.4 Å². The van der Waals surface area contributed by atoms with Gasteiger partial charge in [0.25, 0.3) is 0 Å². The van der Waals surface area contributed by atoms with Gasteiger partial charge in [-0.1, -0.05) is 30.3 Å². The molecule has 1 spiro atoms. The van der Waals surface area contributed by atoms with Gasteiger partial charge in [0, 0.05) is 57.6 Å². The smallest absolute Gasteiger partial charge is 0.475 e. The summed E-state index contributed by atoms with van der Waals surface area (Å²) in [7, 11) is 2.00. The van der Waals surface area contributed by atoms with Crippen molar-refractivity contribution < 1.29 is 50.9 Å². The number of hydrogen-bond acceptors (Lipinski definition) is 6. The summed E-state index contributed by atoms with van der Waals surface area (Å²) in [5, 5.41) is 23.0. The molecule has 0 unspecified atom stereocenters. The number of aryl methyl sites for hydroxylation is 1. The minimum Gasteiger partial charge on any atom is -0.475 e. The van der Waals surface area contributed by atoms with Crippen molar-refractivity contribution in [1.82, 2.24) is 19.6 Å². The van der Waals surface area contributed by atoms with Crippen molar-refractivity contribution in [3.8, 4) is 0 Å². The maximum Gasteiger partial charge on any atom is 0.490 e. The van der Waals surface area contributed by atoms with Crippen LogP contribution in [-0.4, -0.2) is 79.6 Å². The Bertz CT molecular complexity index is 1370. The van der Waals surface area contributed by atoms with Gasteiger partial charge >= 0.3 is 24.3 Å². The van der Waals surface area contributed by atoms with E-state index in [1.165, 1.54) is 16.8 Å². The first-order chi connectivity index (χ1) is 20.5. The molecule has 2 fully saturated rings. The number of carboxylic acid groups (broad SMARTS) is 2. The molecule has 1 amide bonds. The van der Waals surface area contributed by atoms with Crippen molar-refractivity contribution >= 4 is 29.2 Å². The topological polar surface area (TPSA) is 116 Å². The molecule has 0 aliphatic carbocycles. The van der Waals surface area contributed by atoms with E-state index < -0.39 is 24.3 Å². The molecule has 16 heteroatoms. The molecule has 2 N–H and O–H groups in total. The third kappa shape index (κ3) is 8.81. The summed E-state index contributed by atoms with van der Waals surface area (Å²) in [5.41, 5.74) is 3.35. The highest BCUT2D eigenvalue weighted by molar-refractivity contribution is 7.07. The molecule has 4 heterocycles. The number of piperidine rings is 1. The second-order valence-corrected chi connectivity index (χ2v) is 11.1. The van der Waals surface area contributed by atoms with Crippen molar-refractivity contribution in [2.75, 3.05) is 19.6 Å². The molecule has 2 aliphatic heterocycles. The van der Waals surface area contributed by atoms with Crippen LogP contribution in [0.5, 0.6) is 0 Å². The number of carbonyl (C=O) groups is 3. The fourth-order valence-electron chi connectivity index (χ4n) is 5.40. The summed E-state index contributed by atoms with van der Waals surface area (Å²) in [5.74, 6) is -5.02. The molecule has 1 aromatic carbocycles. The fraction of sp³-hybridized carbons (Fsp3) is 0.429. The molecule has 2 atom stereocenters. The summed E-state index contributed by atoms with van der Waals surface area (Å²) in [6.07, 6.45) is -6.30. The lowest BCUT2D eigenvalue weighted by Crippen LogP contribution is -2.52. The maximum absolute atomic E-state index is 14.0. The molecule has 0 radical (unpaired) electrons. The maximum atomic E-state index is 14.0. The summed E-state index contributed by atoms with van der Waals surface area (Å²) < 4.78 is 65.4. The van der Waals surface area contributed by atoms with Gasteiger partial charge in [-0.05, 0) is 46.9 Å². The third-order valence-electron chi connectivity index (χ3n) is 7.28. The Morgan fingerprint density at radius 1 is 0.977 bits per heavy atom. The van der Waals surface area contributed by atoms with Gasteiger partial charge in [-0.2, -0.15) is 42.8 Å². The monoisotopic (exact) mass is 648 g/mol. The predicted octanol–water partition coefficient (Wildman–Crippen LogP) is 5.16. The van der Waals surface area contributed by atoms with Crippen LogP contribution in [0.3, 0.4) is 0 Å². The number of hydrogen-bond donors (Lipinski definition) is 2. The first-order valence-corrected chi connectivity index (χ1v) is 14.1. The quantitative estimate of drug-likeness (QED) is 0.368. The highest BCUT2D eigenvalue weighted by Gasteiger charge is 2.55. The number of halogens is 6. The zero-order valence-corrected chi connectivity index (χ0v) is 24.2. The molecule has 44 heavy (non-hydrogen) atoms. The first kappa shape index (κ1) is 34.6. The van der Waals surface area contributed by atoms with Crippen LogP contribution in [0.2, 0.25) is 0 Å². The minimum atomic E-state index is -5.08. The molecule has 2 aliphatic rings. The van der Waals surface area contributed by atoms with E-state index in [-0.39, 0.29) is 11.3 Å². The molecular weight excluding hydrogens is 618 g/mol. The fourth-order valence-corrected chi connectivity index (χ4v) is 6.06. The van der Waals surface area contributed by atoms with E-state index in [1.807, 2.05) is 24.0 Å². The second kappa shape index (κ2) is 14.2. The average molecular weight is 649 g/mol. The van der Waals surface area contributed by atoms with Crippen molar-refractivity contribution in [2.24, 2.45) is 12.5 Å². The Morgan fingerprint density at radius 2 is 1.59 bits per heavy atom. The number of aromatic nitrogens is 2. The van der Waals surface area contributed by atoms with E-state index in [2.05, 4.69) is 62.1 Å². The first-order valence-electron chi connectivity index (χ1n) is 13.2. The number of nitrogens with zero attached hydrogens (tertiary/aromatic N) is 4. The Hall–Kier alpha value is -3.92. The van der Waals surface area contributed by atoms with Crippen LogP contribution in [0.25, 0.3) is 0 Å². The molecule has 3 aromatic rings. The molecule has 0 saturated carbocycles. The minimum absolute atomic E-state index is 0.176. The van der Waals surface area contributed by atoms with Crippen molar-refractivity contribution in [2.45, 2.75) is 44.2 Å². The Morgan fingerprint density at radius 3 is 2.09 bits per heavy atom. The molecule has 2 saturated heterocycles. The van der Waals surface area contributed by atoms with E-state index in [1.54, 1.807) is 11.3 Å². The van der Waals surface area contributed by atoms with Crippen LogP contribution >= 0.6 is 11.3 Å². The number of benzene rings is 1. The lowest BCUT2D eigenvalue weighted by atomic mass is 9.70. The number of aliphatic carboxylic acids is 2. The van der Waals surface area contributed by atoms with Gasteiger partial charge in [0.1, 0.15) is 0 Å². The Labute approximate surface area is 252 Å². The number of likely N-dealkylation sites (tertiary alicyclic amines) is 2. The van der Waals surface area contributed by atoms with E-state index >= 15 is 0 Å². The molecule has 9 nitrogen and oxygen atoms in total. The Kier molecular flexibility index (Phi) is 11.2. The van der Waals surface area contributed by atoms with Gasteiger partial charge in [0.15, 0.2) is 0 Å². The van der Waals surface area contributed by atoms with Crippen molar-refractivity contribution in [3.05, 3.63) is 76.2 Å². The number of carboxylic acids is 2. The second-order valence-electron chi connectivity index (χ2n) is 10.3. The third-order valence-corrected chi connectivity index (χ3v) is 8.01. The number of thiophene rings is 1. The summed E-state index contributed by atoms with van der Waals surface area (Å²) in [6, 6.07) is 14.7. The zero-order chi connectivity index (χ0) is 32.7. The molecular formula is C28H30F6N4O5S. The van der Waals surface area contributed by atoms with Crippen molar-refractivity contribution in [3.63, 3.8) is 0 Å². The predicted molar refractivity (Wildman–Crippen MR) is 146 cm³/mol. The van der Waals surface area contributed by atoms with Gasteiger partial charge in [0.05, 0.1) is 5.41 Å². The number of alkyl halides is 6. The highest BCUT2D eigenvalue weighted by Crippen LogP contribution is 2.49. The standard InChI is InChI=1S/C24H28N4OS.2C2HF3O2/c1-26-22(8-11-25-26)21-16-27(14-20-9-13-30-17-20)18-24(21)10-5-12-28(23(24)29)15-19-6-3-2-4-7-19;2*3-2(4,5)1(6)7/h2-4,6-9,11,13,17,21H,5,10,12,14-16,18H2,1H3;2*(H,6,7)/t21-,24+;;/m0../s1. The van der Waals surface area contributed by atoms with Crippen LogP contribution in [-0.2, 0) is 34.5 Å². The van der Waals surface area contributed by atoms with E-state index in [0.717, 1.165) is 39.0 Å². The van der Waals surface area contributed by atoms with Crippen LogP contribution in [0, 0.1) is 5.41 Å². The van der Waals surface area contributed by atoms with E-state index in [0.29, 0.717) is 12.5 Å². The van der Waals surface area contributed by atoms with Crippen LogP contribution in [0.4, 0.5) is 26.3 Å². The molecule has 240 valence electrons. The Balaban J connectivity index is 0.000000317. The zero-order valence-electron chi connectivity index (χ0n) is 23.4. The highest BCUT2D eigenvalue weighted by atomic mass is 32.1.